The van der Waals surface area contributed by atoms with Crippen LogP contribution in [0.4, 0.5) is 0 Å². The van der Waals surface area contributed by atoms with Crippen LogP contribution < -0.4 is 5.32 Å². The molecule has 0 radical (unpaired) electrons. The third-order valence-corrected chi connectivity index (χ3v) is 6.91. The zero-order valence-corrected chi connectivity index (χ0v) is 15.3. The Balaban J connectivity index is 1.79. The van der Waals surface area contributed by atoms with E-state index < -0.39 is 9.84 Å². The van der Waals surface area contributed by atoms with Crippen LogP contribution in [0.25, 0.3) is 0 Å². The third-order valence-electron chi connectivity index (χ3n) is 5.16. The Kier molecular flexibility index (Phi) is 6.62. The van der Waals surface area contributed by atoms with Crippen molar-refractivity contribution in [3.05, 3.63) is 0 Å². The third kappa shape index (κ3) is 4.92. The van der Waals surface area contributed by atoms with Crippen LogP contribution >= 0.6 is 0 Å². The molecule has 1 unspecified atom stereocenters. The summed E-state index contributed by atoms with van der Waals surface area (Å²) < 4.78 is 28.1. The van der Waals surface area contributed by atoms with Crippen LogP contribution in [0.2, 0.25) is 0 Å². The summed E-state index contributed by atoms with van der Waals surface area (Å²) in [5, 5.41) is 2.85. The molecule has 1 heterocycles. The molecule has 2 aliphatic rings. The van der Waals surface area contributed by atoms with Crippen molar-refractivity contribution in [2.24, 2.45) is 11.8 Å². The van der Waals surface area contributed by atoms with Crippen LogP contribution in [0.5, 0.6) is 0 Å². The lowest BCUT2D eigenvalue weighted by atomic mass is 9.80. The lowest BCUT2D eigenvalue weighted by Crippen LogP contribution is -2.43. The Hall–Kier alpha value is -1.15. The molecule has 0 bridgehead atoms. The summed E-state index contributed by atoms with van der Waals surface area (Å²) in [6, 6.07) is -0.197. The molecule has 1 aliphatic carbocycles. The first-order valence-electron chi connectivity index (χ1n) is 8.58. The van der Waals surface area contributed by atoms with E-state index >= 15 is 0 Å². The molecule has 8 heteroatoms. The first-order valence-corrected chi connectivity index (χ1v) is 10.4. The van der Waals surface area contributed by atoms with Crippen molar-refractivity contribution in [2.75, 3.05) is 38.8 Å². The SMILES string of the molecule is COCCNC(=O)C1CCC(C(=O)N(C)C2CCS(=O)(=O)C2)CC1. The number of hydrogen-bond acceptors (Lipinski definition) is 5. The average Bonchev–Trinajstić information content (AvgIpc) is 2.93. The summed E-state index contributed by atoms with van der Waals surface area (Å²) in [7, 11) is 0.305. The predicted octanol–water partition coefficient (Wildman–Crippen LogP) is 0.201. The molecule has 7 nitrogen and oxygen atoms in total. The van der Waals surface area contributed by atoms with E-state index in [1.165, 1.54) is 0 Å². The minimum absolute atomic E-state index is 0.0235. The van der Waals surface area contributed by atoms with E-state index in [-0.39, 0.29) is 41.2 Å². The standard InChI is InChI=1S/C16H28N2O5S/c1-18(14-7-10-24(21,22)11-14)16(20)13-5-3-12(4-6-13)15(19)17-8-9-23-2/h12-14H,3-11H2,1-2H3,(H,17,19). The smallest absolute Gasteiger partial charge is 0.225 e. The summed E-state index contributed by atoms with van der Waals surface area (Å²) in [6.07, 6.45) is 3.30. The fraction of sp³-hybridized carbons (Fsp3) is 0.875. The molecule has 1 atom stereocenters. The van der Waals surface area contributed by atoms with Crippen LogP contribution in [0.1, 0.15) is 32.1 Å². The number of methoxy groups -OCH3 is 1. The van der Waals surface area contributed by atoms with Gasteiger partial charge in [0.05, 0.1) is 18.1 Å². The van der Waals surface area contributed by atoms with E-state index in [1.54, 1.807) is 19.1 Å². The van der Waals surface area contributed by atoms with E-state index in [4.69, 9.17) is 4.74 Å². The summed E-state index contributed by atoms with van der Waals surface area (Å²) >= 11 is 0. The van der Waals surface area contributed by atoms with Crippen molar-refractivity contribution >= 4 is 21.7 Å². The van der Waals surface area contributed by atoms with Crippen molar-refractivity contribution in [3.8, 4) is 0 Å². The zero-order chi connectivity index (χ0) is 17.7. The minimum atomic E-state index is -2.99. The number of amides is 2. The molecular formula is C16H28N2O5S. The number of carbonyl (C=O) groups is 2. The molecule has 0 aromatic rings. The van der Waals surface area contributed by atoms with Gasteiger partial charge in [-0.3, -0.25) is 9.59 Å². The largest absolute Gasteiger partial charge is 0.383 e. The highest BCUT2D eigenvalue weighted by atomic mass is 32.2. The summed E-state index contributed by atoms with van der Waals surface area (Å²) in [4.78, 5) is 26.3. The van der Waals surface area contributed by atoms with Crippen molar-refractivity contribution < 1.29 is 22.7 Å². The highest BCUT2D eigenvalue weighted by molar-refractivity contribution is 7.91. The highest BCUT2D eigenvalue weighted by Crippen LogP contribution is 2.31. The monoisotopic (exact) mass is 360 g/mol. The van der Waals surface area contributed by atoms with E-state index in [0.29, 0.717) is 45.3 Å². The molecule has 24 heavy (non-hydrogen) atoms. The van der Waals surface area contributed by atoms with Crippen molar-refractivity contribution in [1.82, 2.24) is 10.2 Å². The molecule has 1 N–H and O–H groups in total. The lowest BCUT2D eigenvalue weighted by Gasteiger charge is -2.32. The van der Waals surface area contributed by atoms with Gasteiger partial charge in [0.15, 0.2) is 9.84 Å². The van der Waals surface area contributed by atoms with E-state index in [9.17, 15) is 18.0 Å². The molecule has 1 aliphatic heterocycles. The van der Waals surface area contributed by atoms with Gasteiger partial charge in [0.25, 0.3) is 0 Å². The van der Waals surface area contributed by atoms with Crippen LogP contribution in [0.3, 0.4) is 0 Å². The Morgan fingerprint density at radius 2 is 1.75 bits per heavy atom. The van der Waals surface area contributed by atoms with Gasteiger partial charge in [-0.15, -0.1) is 0 Å². The van der Waals surface area contributed by atoms with Crippen LogP contribution in [0, 0.1) is 11.8 Å². The van der Waals surface area contributed by atoms with Gasteiger partial charge in [-0.05, 0) is 32.1 Å². The molecule has 1 saturated carbocycles. The second-order valence-corrected chi connectivity index (χ2v) is 9.07. The summed E-state index contributed by atoms with van der Waals surface area (Å²) in [5.74, 6) is 0.170. The maximum atomic E-state index is 12.6. The normalized spacial score (nSPS) is 29.2. The van der Waals surface area contributed by atoms with Crippen molar-refractivity contribution in [1.29, 1.82) is 0 Å². The molecule has 0 aromatic heterocycles. The van der Waals surface area contributed by atoms with E-state index in [2.05, 4.69) is 5.32 Å². The quantitative estimate of drug-likeness (QED) is 0.683. The molecule has 2 fully saturated rings. The van der Waals surface area contributed by atoms with Gasteiger partial charge in [0, 0.05) is 38.6 Å². The lowest BCUT2D eigenvalue weighted by molar-refractivity contribution is -0.138. The van der Waals surface area contributed by atoms with Gasteiger partial charge in [0.1, 0.15) is 0 Å². The maximum Gasteiger partial charge on any atom is 0.225 e. The minimum Gasteiger partial charge on any atom is -0.383 e. The van der Waals surface area contributed by atoms with Gasteiger partial charge < -0.3 is 15.0 Å². The Morgan fingerprint density at radius 1 is 1.12 bits per heavy atom. The number of nitrogens with zero attached hydrogens (tertiary/aromatic N) is 1. The van der Waals surface area contributed by atoms with Crippen molar-refractivity contribution in [2.45, 2.75) is 38.1 Å². The summed E-state index contributed by atoms with van der Waals surface area (Å²) in [5.41, 5.74) is 0. The highest BCUT2D eigenvalue weighted by Gasteiger charge is 2.37. The first kappa shape index (κ1) is 19.2. The molecule has 1 saturated heterocycles. The molecular weight excluding hydrogens is 332 g/mol. The van der Waals surface area contributed by atoms with Gasteiger partial charge >= 0.3 is 0 Å². The van der Waals surface area contributed by atoms with Gasteiger partial charge in [0.2, 0.25) is 11.8 Å². The van der Waals surface area contributed by atoms with Crippen LogP contribution in [0.15, 0.2) is 0 Å². The summed E-state index contributed by atoms with van der Waals surface area (Å²) in [6.45, 7) is 1.00. The van der Waals surface area contributed by atoms with E-state index in [1.807, 2.05) is 0 Å². The topological polar surface area (TPSA) is 92.8 Å². The van der Waals surface area contributed by atoms with Crippen LogP contribution in [-0.4, -0.2) is 70.0 Å². The molecule has 138 valence electrons. The van der Waals surface area contributed by atoms with Crippen LogP contribution in [-0.2, 0) is 24.2 Å². The Bertz CT molecular complexity index is 555. The van der Waals surface area contributed by atoms with Gasteiger partial charge in [-0.1, -0.05) is 0 Å². The Morgan fingerprint density at radius 3 is 2.29 bits per heavy atom. The molecule has 0 spiro atoms. The molecule has 2 amide bonds. The Labute approximate surface area is 144 Å². The van der Waals surface area contributed by atoms with Gasteiger partial charge in [-0.2, -0.15) is 0 Å². The first-order chi connectivity index (χ1) is 11.3. The number of hydrogen-bond donors (Lipinski definition) is 1. The number of carbonyl (C=O) groups excluding carboxylic acids is 2. The average molecular weight is 360 g/mol. The second-order valence-electron chi connectivity index (χ2n) is 6.84. The number of nitrogens with one attached hydrogen (secondary N) is 1. The number of sulfone groups is 1. The predicted molar refractivity (Wildman–Crippen MR) is 90.2 cm³/mol. The zero-order valence-electron chi connectivity index (χ0n) is 14.5. The van der Waals surface area contributed by atoms with Gasteiger partial charge in [-0.25, -0.2) is 8.42 Å². The fourth-order valence-corrected chi connectivity index (χ4v) is 5.35. The van der Waals surface area contributed by atoms with E-state index in [0.717, 1.165) is 0 Å². The molecule has 2 rings (SSSR count). The number of ether oxygens (including phenoxy) is 1. The van der Waals surface area contributed by atoms with Crippen molar-refractivity contribution in [3.63, 3.8) is 0 Å². The second kappa shape index (κ2) is 8.29. The maximum absolute atomic E-state index is 12.6. The molecule has 0 aromatic carbocycles. The fourth-order valence-electron chi connectivity index (χ4n) is 3.57. The number of rotatable bonds is 6.